The molecule has 4 rings (SSSR count). The van der Waals surface area contributed by atoms with Gasteiger partial charge in [-0.05, 0) is 29.8 Å². The Morgan fingerprint density at radius 1 is 1.15 bits per heavy atom. The highest BCUT2D eigenvalue weighted by Crippen LogP contribution is 2.37. The van der Waals surface area contributed by atoms with Crippen LogP contribution in [0.15, 0.2) is 84.3 Å². The Hall–Kier alpha value is -3.89. The summed E-state index contributed by atoms with van der Waals surface area (Å²) < 4.78 is 7.19. The van der Waals surface area contributed by atoms with Gasteiger partial charge in [-0.2, -0.15) is 0 Å². The lowest BCUT2D eigenvalue weighted by Crippen LogP contribution is -2.19. The quantitative estimate of drug-likeness (QED) is 0.200. The largest absolute Gasteiger partial charge is 0.495 e. The highest BCUT2D eigenvalue weighted by Gasteiger charge is 2.26. The van der Waals surface area contributed by atoms with Crippen LogP contribution in [0, 0.1) is 10.1 Å². The maximum atomic E-state index is 13.4. The number of halogens is 1. The first-order chi connectivity index (χ1) is 16.5. The van der Waals surface area contributed by atoms with Gasteiger partial charge in [0.05, 0.1) is 17.7 Å². The lowest BCUT2D eigenvalue weighted by molar-refractivity contribution is -0.384. The van der Waals surface area contributed by atoms with E-state index in [9.17, 15) is 14.9 Å². The fourth-order valence-electron chi connectivity index (χ4n) is 3.24. The standard InChI is InChI=1S/C23H18ClN5O4S/c1-33-20-10-6-5-9-18(20)28-14-25-27-23(28)34-21(15-7-3-2-4-8-15)22(30)26-16-11-12-17(24)19(13-16)29(31)32/h2-14,21H,1H3,(H,26,30)/t21-/m1/s1. The monoisotopic (exact) mass is 495 g/mol. The summed E-state index contributed by atoms with van der Waals surface area (Å²) in [5, 5.41) is 21.9. The molecule has 1 aromatic heterocycles. The molecule has 0 aliphatic heterocycles. The molecule has 0 aliphatic carbocycles. The number of methoxy groups -OCH3 is 1. The second-order valence-electron chi connectivity index (χ2n) is 6.98. The Morgan fingerprint density at radius 3 is 2.62 bits per heavy atom. The van der Waals surface area contributed by atoms with Crippen molar-refractivity contribution < 1.29 is 14.5 Å². The van der Waals surface area contributed by atoms with Crippen LogP contribution in [0.1, 0.15) is 10.8 Å². The molecule has 1 amide bonds. The first kappa shape index (κ1) is 23.3. The van der Waals surface area contributed by atoms with Crippen molar-refractivity contribution in [2.24, 2.45) is 0 Å². The number of benzene rings is 3. The number of carbonyl (C=O) groups is 1. The zero-order valence-electron chi connectivity index (χ0n) is 17.8. The summed E-state index contributed by atoms with van der Waals surface area (Å²) in [6.45, 7) is 0. The molecule has 1 atom stereocenters. The van der Waals surface area contributed by atoms with Crippen LogP contribution in [0.4, 0.5) is 11.4 Å². The molecule has 11 heteroatoms. The van der Waals surface area contributed by atoms with E-state index in [1.165, 1.54) is 30.0 Å². The molecule has 0 bridgehead atoms. The van der Waals surface area contributed by atoms with Crippen molar-refractivity contribution in [3.05, 3.63) is 99.8 Å². The topological polar surface area (TPSA) is 112 Å². The third-order valence-corrected chi connectivity index (χ3v) is 6.37. The van der Waals surface area contributed by atoms with E-state index in [0.717, 1.165) is 11.3 Å². The van der Waals surface area contributed by atoms with E-state index in [0.29, 0.717) is 10.9 Å². The van der Waals surface area contributed by atoms with Crippen molar-refractivity contribution in [2.45, 2.75) is 10.4 Å². The molecule has 172 valence electrons. The minimum Gasteiger partial charge on any atom is -0.495 e. The van der Waals surface area contributed by atoms with Crippen molar-refractivity contribution in [3.63, 3.8) is 0 Å². The van der Waals surface area contributed by atoms with Gasteiger partial charge in [-0.3, -0.25) is 19.5 Å². The molecule has 0 fully saturated rings. The molecule has 0 aliphatic rings. The summed E-state index contributed by atoms with van der Waals surface area (Å²) in [5.74, 6) is 0.237. The number of carbonyl (C=O) groups excluding carboxylic acids is 1. The Bertz CT molecular complexity index is 1330. The fourth-order valence-corrected chi connectivity index (χ4v) is 4.45. The van der Waals surface area contributed by atoms with Crippen LogP contribution in [-0.4, -0.2) is 32.7 Å². The van der Waals surface area contributed by atoms with Gasteiger partial charge in [0.15, 0.2) is 5.16 Å². The van der Waals surface area contributed by atoms with Crippen LogP contribution in [0.25, 0.3) is 5.69 Å². The average molecular weight is 496 g/mol. The third-order valence-electron chi connectivity index (χ3n) is 4.84. The SMILES string of the molecule is COc1ccccc1-n1cnnc1S[C@@H](C(=O)Nc1ccc(Cl)c([N+](=O)[O-])c1)c1ccccc1. The highest BCUT2D eigenvalue weighted by molar-refractivity contribution is 8.00. The maximum absolute atomic E-state index is 13.4. The second kappa shape index (κ2) is 10.4. The van der Waals surface area contributed by atoms with Gasteiger partial charge >= 0.3 is 0 Å². The molecule has 1 heterocycles. The first-order valence-corrected chi connectivity index (χ1v) is 11.2. The van der Waals surface area contributed by atoms with Crippen molar-refractivity contribution in [3.8, 4) is 11.4 Å². The van der Waals surface area contributed by atoms with Crippen molar-refractivity contribution in [2.75, 3.05) is 12.4 Å². The normalized spacial score (nSPS) is 11.6. The fraction of sp³-hybridized carbons (Fsp3) is 0.0870. The molecule has 4 aromatic rings. The first-order valence-electron chi connectivity index (χ1n) is 9.97. The van der Waals surface area contributed by atoms with Crippen LogP contribution in [0.5, 0.6) is 5.75 Å². The molecule has 0 unspecified atom stereocenters. The molecule has 1 N–H and O–H groups in total. The molecule has 34 heavy (non-hydrogen) atoms. The van der Waals surface area contributed by atoms with E-state index < -0.39 is 10.2 Å². The number of hydrogen-bond donors (Lipinski definition) is 1. The molecule has 9 nitrogen and oxygen atoms in total. The van der Waals surface area contributed by atoms with Gasteiger partial charge in [0.25, 0.3) is 5.69 Å². The van der Waals surface area contributed by atoms with Gasteiger partial charge in [0.1, 0.15) is 22.3 Å². The van der Waals surface area contributed by atoms with Gasteiger partial charge in [0.2, 0.25) is 5.91 Å². The van der Waals surface area contributed by atoms with E-state index in [1.807, 2.05) is 54.6 Å². The second-order valence-corrected chi connectivity index (χ2v) is 8.46. The lowest BCUT2D eigenvalue weighted by Gasteiger charge is -2.17. The minimum atomic E-state index is -0.728. The van der Waals surface area contributed by atoms with Crippen LogP contribution >= 0.6 is 23.4 Å². The van der Waals surface area contributed by atoms with E-state index in [4.69, 9.17) is 16.3 Å². The van der Waals surface area contributed by atoms with Crippen molar-refractivity contribution >= 4 is 40.6 Å². The van der Waals surface area contributed by atoms with Crippen LogP contribution in [-0.2, 0) is 4.79 Å². The summed E-state index contributed by atoms with van der Waals surface area (Å²) in [4.78, 5) is 24.0. The smallest absolute Gasteiger partial charge is 0.289 e. The van der Waals surface area contributed by atoms with E-state index >= 15 is 0 Å². The average Bonchev–Trinajstić information content (AvgIpc) is 3.32. The predicted molar refractivity (Wildman–Crippen MR) is 130 cm³/mol. The third kappa shape index (κ3) is 5.03. The summed E-state index contributed by atoms with van der Waals surface area (Å²) in [6, 6.07) is 20.7. The maximum Gasteiger partial charge on any atom is 0.289 e. The highest BCUT2D eigenvalue weighted by atomic mass is 35.5. The van der Waals surface area contributed by atoms with Gasteiger partial charge < -0.3 is 10.1 Å². The van der Waals surface area contributed by atoms with Crippen LogP contribution < -0.4 is 10.1 Å². The number of nitrogens with zero attached hydrogens (tertiary/aromatic N) is 4. The zero-order chi connectivity index (χ0) is 24.1. The van der Waals surface area contributed by atoms with E-state index in [1.54, 1.807) is 18.0 Å². The van der Waals surface area contributed by atoms with Gasteiger partial charge in [-0.25, -0.2) is 0 Å². The number of rotatable bonds is 8. The van der Waals surface area contributed by atoms with Gasteiger partial charge in [-0.1, -0.05) is 65.8 Å². The number of hydrogen-bond acceptors (Lipinski definition) is 7. The van der Waals surface area contributed by atoms with E-state index in [-0.39, 0.29) is 22.3 Å². The molecule has 0 spiro atoms. The molecule has 0 saturated heterocycles. The Labute approximate surface area is 203 Å². The molecular weight excluding hydrogens is 478 g/mol. The minimum absolute atomic E-state index is 0.0121. The molecule has 0 saturated carbocycles. The number of ether oxygens (including phenoxy) is 1. The van der Waals surface area contributed by atoms with Crippen LogP contribution in [0.3, 0.4) is 0 Å². The van der Waals surface area contributed by atoms with Gasteiger partial charge in [-0.15, -0.1) is 10.2 Å². The summed E-state index contributed by atoms with van der Waals surface area (Å²) in [5.41, 5.74) is 1.41. The Kier molecular flexibility index (Phi) is 7.09. The van der Waals surface area contributed by atoms with Gasteiger partial charge in [0, 0.05) is 11.8 Å². The number of amides is 1. The van der Waals surface area contributed by atoms with Crippen molar-refractivity contribution in [1.82, 2.24) is 14.8 Å². The van der Waals surface area contributed by atoms with Crippen molar-refractivity contribution in [1.29, 1.82) is 0 Å². The predicted octanol–water partition coefficient (Wildman–Crippen LogP) is 5.31. The zero-order valence-corrected chi connectivity index (χ0v) is 19.4. The number of nitro benzene ring substituents is 1. The van der Waals surface area contributed by atoms with E-state index in [2.05, 4.69) is 15.5 Å². The Morgan fingerprint density at radius 2 is 1.88 bits per heavy atom. The number of para-hydroxylation sites is 2. The number of anilines is 1. The molecule has 3 aromatic carbocycles. The molecule has 0 radical (unpaired) electrons. The number of aromatic nitrogens is 3. The van der Waals surface area contributed by atoms with Crippen LogP contribution in [0.2, 0.25) is 5.02 Å². The summed E-state index contributed by atoms with van der Waals surface area (Å²) in [7, 11) is 1.57. The lowest BCUT2D eigenvalue weighted by atomic mass is 10.1. The molecular formula is C23H18ClN5O4S. The Balaban J connectivity index is 1.67. The number of nitro groups is 1. The summed E-state index contributed by atoms with van der Waals surface area (Å²) in [6.07, 6.45) is 1.54. The number of nitrogens with one attached hydrogen (secondary N) is 1. The number of thioether (sulfide) groups is 1. The summed E-state index contributed by atoms with van der Waals surface area (Å²) >= 11 is 7.09.